The molecule has 0 saturated carbocycles. The average molecular weight is 420 g/mol. The van der Waals surface area contributed by atoms with Crippen molar-refractivity contribution in [1.82, 2.24) is 20.2 Å². The first-order valence-electron chi connectivity index (χ1n) is 9.89. The van der Waals surface area contributed by atoms with E-state index in [4.69, 9.17) is 0 Å². The minimum atomic E-state index is -0.960. The number of nitrogens with zero attached hydrogens (tertiary/aromatic N) is 4. The van der Waals surface area contributed by atoms with Crippen LogP contribution >= 0.6 is 0 Å². The molecule has 1 fully saturated rings. The average Bonchev–Trinajstić information content (AvgIpc) is 3.46. The summed E-state index contributed by atoms with van der Waals surface area (Å²) in [7, 11) is 0. The summed E-state index contributed by atoms with van der Waals surface area (Å²) in [6.45, 7) is 2.02. The molecular formula is C22H18F2N6O. The summed E-state index contributed by atoms with van der Waals surface area (Å²) >= 11 is 0. The Balaban J connectivity index is 1.49. The molecule has 5 rings (SSSR count). The molecule has 0 unspecified atom stereocenters. The molecule has 31 heavy (non-hydrogen) atoms. The van der Waals surface area contributed by atoms with Gasteiger partial charge in [0.1, 0.15) is 5.69 Å². The molecule has 0 bridgehead atoms. The highest BCUT2D eigenvalue weighted by molar-refractivity contribution is 6.11. The maximum Gasteiger partial charge on any atom is 0.276 e. The summed E-state index contributed by atoms with van der Waals surface area (Å²) in [6, 6.07) is 7.61. The second kappa shape index (κ2) is 7.75. The molecule has 1 aromatic carbocycles. The SMILES string of the molecule is O=C(Nc1c(F)cncc1F)c1n[nH]c2ccc(-c3cncc(N4CCCC4)c3)cc12. The number of carbonyl (C=O) groups excluding carboxylic acids is 1. The highest BCUT2D eigenvalue weighted by atomic mass is 19.1. The van der Waals surface area contributed by atoms with Crippen molar-refractivity contribution in [2.45, 2.75) is 12.8 Å². The van der Waals surface area contributed by atoms with Crippen LogP contribution in [0.5, 0.6) is 0 Å². The second-order valence-electron chi connectivity index (χ2n) is 7.39. The van der Waals surface area contributed by atoms with Crippen molar-refractivity contribution in [2.24, 2.45) is 0 Å². The standard InChI is InChI=1S/C22H18F2N6O/c23-17-11-26-12-18(24)21(17)27-22(31)20-16-8-13(3-4-19(16)28-29-20)14-7-15(10-25-9-14)30-5-1-2-6-30/h3-4,7-12H,1-2,5-6H2,(H,28,29)(H,26,27,31). The van der Waals surface area contributed by atoms with Gasteiger partial charge in [-0.2, -0.15) is 5.10 Å². The third-order valence-corrected chi connectivity index (χ3v) is 5.40. The van der Waals surface area contributed by atoms with Gasteiger partial charge in [0.25, 0.3) is 5.91 Å². The maximum absolute atomic E-state index is 13.9. The monoisotopic (exact) mass is 420 g/mol. The normalized spacial score (nSPS) is 13.7. The van der Waals surface area contributed by atoms with Gasteiger partial charge in [0, 0.05) is 30.2 Å². The van der Waals surface area contributed by atoms with E-state index >= 15 is 0 Å². The number of aromatic amines is 1. The number of hydrogen-bond donors (Lipinski definition) is 2. The molecule has 0 aliphatic carbocycles. The lowest BCUT2D eigenvalue weighted by Gasteiger charge is -2.17. The summed E-state index contributed by atoms with van der Waals surface area (Å²) in [5.74, 6) is -2.64. The van der Waals surface area contributed by atoms with E-state index in [1.165, 1.54) is 12.8 Å². The van der Waals surface area contributed by atoms with Gasteiger partial charge in [0.05, 0.1) is 29.8 Å². The van der Waals surface area contributed by atoms with Crippen molar-refractivity contribution >= 4 is 28.2 Å². The molecule has 1 amide bonds. The number of amides is 1. The number of benzene rings is 1. The number of anilines is 2. The summed E-state index contributed by atoms with van der Waals surface area (Å²) in [4.78, 5) is 22.8. The Hall–Kier alpha value is -3.88. The van der Waals surface area contributed by atoms with Crippen LogP contribution in [-0.2, 0) is 0 Å². The number of hydrogen-bond acceptors (Lipinski definition) is 5. The first kappa shape index (κ1) is 19.1. The molecule has 9 heteroatoms. The van der Waals surface area contributed by atoms with Gasteiger partial charge in [-0.1, -0.05) is 6.07 Å². The van der Waals surface area contributed by atoms with E-state index in [2.05, 4.69) is 36.4 Å². The van der Waals surface area contributed by atoms with Gasteiger partial charge in [0.2, 0.25) is 0 Å². The van der Waals surface area contributed by atoms with Crippen LogP contribution in [0.1, 0.15) is 23.3 Å². The summed E-state index contributed by atoms with van der Waals surface area (Å²) in [5.41, 5.74) is 2.94. The van der Waals surface area contributed by atoms with Crippen LogP contribution in [0.2, 0.25) is 0 Å². The van der Waals surface area contributed by atoms with Gasteiger partial charge in [0.15, 0.2) is 17.3 Å². The lowest BCUT2D eigenvalue weighted by atomic mass is 10.0. The fraction of sp³-hybridized carbons (Fsp3) is 0.182. The Morgan fingerprint density at radius 1 is 0.968 bits per heavy atom. The van der Waals surface area contributed by atoms with Crippen LogP contribution in [0.3, 0.4) is 0 Å². The summed E-state index contributed by atoms with van der Waals surface area (Å²) in [5, 5.41) is 9.62. The van der Waals surface area contributed by atoms with Crippen LogP contribution in [0.15, 0.2) is 49.1 Å². The van der Waals surface area contributed by atoms with Crippen molar-refractivity contribution in [3.05, 3.63) is 66.4 Å². The number of halogens is 2. The van der Waals surface area contributed by atoms with Crippen LogP contribution in [-0.4, -0.2) is 39.2 Å². The van der Waals surface area contributed by atoms with Crippen LogP contribution in [0.4, 0.5) is 20.2 Å². The first-order chi connectivity index (χ1) is 15.1. The minimum absolute atomic E-state index is 0.0381. The molecule has 1 aliphatic rings. The topological polar surface area (TPSA) is 86.8 Å². The molecule has 4 aromatic rings. The fourth-order valence-corrected chi connectivity index (χ4v) is 3.80. The van der Waals surface area contributed by atoms with Crippen molar-refractivity contribution < 1.29 is 13.6 Å². The highest BCUT2D eigenvalue weighted by Gasteiger charge is 2.19. The molecular weight excluding hydrogens is 402 g/mol. The number of nitrogens with one attached hydrogen (secondary N) is 2. The van der Waals surface area contributed by atoms with Gasteiger partial charge in [-0.15, -0.1) is 0 Å². The van der Waals surface area contributed by atoms with Crippen molar-refractivity contribution in [1.29, 1.82) is 0 Å². The first-order valence-corrected chi connectivity index (χ1v) is 9.89. The quantitative estimate of drug-likeness (QED) is 0.518. The van der Waals surface area contributed by atoms with E-state index in [9.17, 15) is 13.6 Å². The van der Waals surface area contributed by atoms with E-state index in [0.717, 1.165) is 42.3 Å². The summed E-state index contributed by atoms with van der Waals surface area (Å²) in [6.07, 6.45) is 7.62. The third kappa shape index (κ3) is 3.58. The minimum Gasteiger partial charge on any atom is -0.370 e. The van der Waals surface area contributed by atoms with Gasteiger partial charge in [-0.25, -0.2) is 8.78 Å². The van der Waals surface area contributed by atoms with E-state index in [1.807, 2.05) is 24.4 Å². The predicted octanol–water partition coefficient (Wildman–Crippen LogP) is 4.15. The molecule has 0 spiro atoms. The number of carbonyl (C=O) groups is 1. The second-order valence-corrected chi connectivity index (χ2v) is 7.39. The van der Waals surface area contributed by atoms with Gasteiger partial charge >= 0.3 is 0 Å². The summed E-state index contributed by atoms with van der Waals surface area (Å²) < 4.78 is 27.7. The largest absolute Gasteiger partial charge is 0.370 e. The molecule has 4 heterocycles. The lowest BCUT2D eigenvalue weighted by molar-refractivity contribution is 0.102. The molecule has 0 radical (unpaired) electrons. The number of pyridine rings is 2. The Kier molecular flexibility index (Phi) is 4.78. The zero-order valence-electron chi connectivity index (χ0n) is 16.4. The smallest absolute Gasteiger partial charge is 0.276 e. The number of H-pyrrole nitrogens is 1. The van der Waals surface area contributed by atoms with Crippen LogP contribution in [0.25, 0.3) is 22.0 Å². The zero-order chi connectivity index (χ0) is 21.4. The Morgan fingerprint density at radius 3 is 2.48 bits per heavy atom. The molecule has 2 N–H and O–H groups in total. The predicted molar refractivity (Wildman–Crippen MR) is 113 cm³/mol. The van der Waals surface area contributed by atoms with E-state index in [0.29, 0.717) is 10.9 Å². The van der Waals surface area contributed by atoms with E-state index < -0.39 is 23.2 Å². The zero-order valence-corrected chi connectivity index (χ0v) is 16.4. The van der Waals surface area contributed by atoms with Gasteiger partial charge in [-0.3, -0.25) is 19.9 Å². The molecule has 156 valence electrons. The van der Waals surface area contributed by atoms with Crippen LogP contribution in [0, 0.1) is 11.6 Å². The molecule has 0 atom stereocenters. The maximum atomic E-state index is 13.9. The Labute approximate surface area is 176 Å². The van der Waals surface area contributed by atoms with Gasteiger partial charge in [-0.05, 0) is 36.6 Å². The number of rotatable bonds is 4. The van der Waals surface area contributed by atoms with Crippen molar-refractivity contribution in [3.8, 4) is 11.1 Å². The molecule has 7 nitrogen and oxygen atoms in total. The highest BCUT2D eigenvalue weighted by Crippen LogP contribution is 2.29. The lowest BCUT2D eigenvalue weighted by Crippen LogP contribution is -2.17. The molecule has 1 saturated heterocycles. The molecule has 1 aliphatic heterocycles. The van der Waals surface area contributed by atoms with Crippen molar-refractivity contribution in [2.75, 3.05) is 23.3 Å². The van der Waals surface area contributed by atoms with E-state index in [1.54, 1.807) is 6.20 Å². The number of aromatic nitrogens is 4. The van der Waals surface area contributed by atoms with Crippen molar-refractivity contribution in [3.63, 3.8) is 0 Å². The fourth-order valence-electron chi connectivity index (χ4n) is 3.80. The third-order valence-electron chi connectivity index (χ3n) is 5.40. The number of fused-ring (bicyclic) bond motifs is 1. The van der Waals surface area contributed by atoms with Crippen LogP contribution < -0.4 is 10.2 Å². The molecule has 3 aromatic heterocycles. The van der Waals surface area contributed by atoms with E-state index in [-0.39, 0.29) is 5.69 Å². The Bertz CT molecular complexity index is 1260. The van der Waals surface area contributed by atoms with Gasteiger partial charge < -0.3 is 10.2 Å². The Morgan fingerprint density at radius 2 is 1.71 bits per heavy atom.